The Kier molecular flexibility index (Phi) is 7.07. The van der Waals surface area contributed by atoms with Gasteiger partial charge in [0.2, 0.25) is 0 Å². The number of nitrogens with zero attached hydrogens (tertiary/aromatic N) is 1. The van der Waals surface area contributed by atoms with Gasteiger partial charge in [-0.2, -0.15) is 5.10 Å². The molecule has 2 N–H and O–H groups in total. The number of furan rings is 1. The minimum Gasteiger partial charge on any atom is -0.497 e. The van der Waals surface area contributed by atoms with Crippen LogP contribution in [0.25, 0.3) is 22.6 Å². The molecular formula is C27H31N3O2. The first-order valence-electron chi connectivity index (χ1n) is 11.3. The summed E-state index contributed by atoms with van der Waals surface area (Å²) in [7, 11) is 1.69. The van der Waals surface area contributed by atoms with Crippen LogP contribution < -0.4 is 10.1 Å². The van der Waals surface area contributed by atoms with Gasteiger partial charge in [-0.25, -0.2) is 0 Å². The molecule has 32 heavy (non-hydrogen) atoms. The van der Waals surface area contributed by atoms with Crippen molar-refractivity contribution in [2.75, 3.05) is 13.7 Å². The topological polar surface area (TPSA) is 63.1 Å². The molecule has 2 aromatic heterocycles. The molecule has 0 amide bonds. The monoisotopic (exact) mass is 429 g/mol. The third-order valence-electron chi connectivity index (χ3n) is 6.18. The largest absolute Gasteiger partial charge is 0.497 e. The Balaban J connectivity index is 1.65. The van der Waals surface area contributed by atoms with E-state index in [4.69, 9.17) is 9.15 Å². The van der Waals surface area contributed by atoms with E-state index in [0.29, 0.717) is 5.92 Å². The van der Waals surface area contributed by atoms with Crippen molar-refractivity contribution < 1.29 is 9.15 Å². The Labute approximate surface area is 189 Å². The fourth-order valence-electron chi connectivity index (χ4n) is 4.05. The Hall–Kier alpha value is -3.31. The van der Waals surface area contributed by atoms with Gasteiger partial charge in [-0.3, -0.25) is 5.10 Å². The number of aromatic nitrogens is 2. The number of H-pyrrole nitrogens is 1. The molecule has 0 aliphatic heterocycles. The minimum atomic E-state index is 0.0133. The zero-order chi connectivity index (χ0) is 22.3. The van der Waals surface area contributed by atoms with E-state index >= 15 is 0 Å². The van der Waals surface area contributed by atoms with Gasteiger partial charge in [0.15, 0.2) is 5.76 Å². The Bertz CT molecular complexity index is 1080. The Morgan fingerprint density at radius 3 is 2.25 bits per heavy atom. The highest BCUT2D eigenvalue weighted by atomic mass is 16.5. The van der Waals surface area contributed by atoms with Crippen LogP contribution in [-0.2, 0) is 0 Å². The van der Waals surface area contributed by atoms with Crippen LogP contribution in [-0.4, -0.2) is 23.9 Å². The molecule has 0 radical (unpaired) electrons. The molecule has 5 nitrogen and oxygen atoms in total. The van der Waals surface area contributed by atoms with Crippen molar-refractivity contribution in [1.82, 2.24) is 15.5 Å². The van der Waals surface area contributed by atoms with Gasteiger partial charge in [-0.05, 0) is 53.4 Å². The van der Waals surface area contributed by atoms with Crippen LogP contribution in [0, 0.1) is 5.92 Å². The van der Waals surface area contributed by atoms with Gasteiger partial charge in [-0.15, -0.1) is 0 Å². The second kappa shape index (κ2) is 10.3. The quantitative estimate of drug-likeness (QED) is 0.304. The summed E-state index contributed by atoms with van der Waals surface area (Å²) in [6, 6.07) is 20.8. The fourth-order valence-corrected chi connectivity index (χ4v) is 4.05. The summed E-state index contributed by atoms with van der Waals surface area (Å²) in [5, 5.41) is 11.3. The van der Waals surface area contributed by atoms with Gasteiger partial charge in [0.25, 0.3) is 0 Å². The standard InChI is InChI=1S/C27H31N3O2/c1-4-19(5-2)17-28-26(24-18-29-30-27(24)25-7-6-16-32-25)22-10-8-20(9-11-22)21-12-14-23(31-3)15-13-21/h6-16,18-19,26,28H,4-5,17H2,1-3H3,(H,29,30). The predicted molar refractivity (Wildman–Crippen MR) is 129 cm³/mol. The highest BCUT2D eigenvalue weighted by Crippen LogP contribution is 2.32. The van der Waals surface area contributed by atoms with E-state index in [9.17, 15) is 0 Å². The number of benzene rings is 2. The van der Waals surface area contributed by atoms with E-state index < -0.39 is 0 Å². The second-order valence-electron chi connectivity index (χ2n) is 8.05. The molecule has 0 fully saturated rings. The number of hydrogen-bond donors (Lipinski definition) is 2. The normalized spacial score (nSPS) is 12.2. The van der Waals surface area contributed by atoms with Gasteiger partial charge in [-0.1, -0.05) is 63.1 Å². The molecule has 0 saturated carbocycles. The lowest BCUT2D eigenvalue weighted by Gasteiger charge is -2.23. The molecule has 1 unspecified atom stereocenters. The molecule has 1 atom stereocenters. The van der Waals surface area contributed by atoms with Crippen LogP contribution in [0.1, 0.15) is 43.9 Å². The van der Waals surface area contributed by atoms with Gasteiger partial charge >= 0.3 is 0 Å². The Morgan fingerprint density at radius 2 is 1.66 bits per heavy atom. The molecule has 4 rings (SSSR count). The third kappa shape index (κ3) is 4.78. The molecule has 166 valence electrons. The van der Waals surface area contributed by atoms with E-state index in [1.807, 2.05) is 30.5 Å². The molecule has 0 aliphatic carbocycles. The highest BCUT2D eigenvalue weighted by Gasteiger charge is 2.22. The third-order valence-corrected chi connectivity index (χ3v) is 6.18. The summed E-state index contributed by atoms with van der Waals surface area (Å²) in [6.07, 6.45) is 5.90. The summed E-state index contributed by atoms with van der Waals surface area (Å²) < 4.78 is 10.9. The van der Waals surface area contributed by atoms with E-state index in [1.54, 1.807) is 13.4 Å². The average Bonchev–Trinajstić information content (AvgIpc) is 3.54. The number of methoxy groups -OCH3 is 1. The lowest BCUT2D eigenvalue weighted by Crippen LogP contribution is -2.28. The molecule has 0 bridgehead atoms. The lowest BCUT2D eigenvalue weighted by atomic mass is 9.94. The van der Waals surface area contributed by atoms with Gasteiger partial charge in [0, 0.05) is 5.56 Å². The van der Waals surface area contributed by atoms with Crippen LogP contribution >= 0.6 is 0 Å². The number of rotatable bonds is 10. The maximum atomic E-state index is 5.66. The zero-order valence-corrected chi connectivity index (χ0v) is 19.0. The first-order valence-corrected chi connectivity index (χ1v) is 11.3. The molecule has 2 heterocycles. The van der Waals surface area contributed by atoms with Crippen LogP contribution in [0.3, 0.4) is 0 Å². The van der Waals surface area contributed by atoms with Crippen LogP contribution in [0.2, 0.25) is 0 Å². The van der Waals surface area contributed by atoms with Gasteiger partial charge in [0.05, 0.1) is 25.6 Å². The van der Waals surface area contributed by atoms with Crippen LogP contribution in [0.15, 0.2) is 77.5 Å². The number of hydrogen-bond acceptors (Lipinski definition) is 4. The molecular weight excluding hydrogens is 398 g/mol. The van der Waals surface area contributed by atoms with Crippen molar-refractivity contribution in [3.05, 3.63) is 84.3 Å². The molecule has 0 aliphatic rings. The van der Waals surface area contributed by atoms with Crippen molar-refractivity contribution in [2.45, 2.75) is 32.7 Å². The average molecular weight is 430 g/mol. The zero-order valence-electron chi connectivity index (χ0n) is 19.0. The number of nitrogens with one attached hydrogen (secondary N) is 2. The van der Waals surface area contributed by atoms with E-state index in [0.717, 1.165) is 42.2 Å². The summed E-state index contributed by atoms with van der Waals surface area (Å²) in [6.45, 7) is 5.45. The number of aromatic amines is 1. The molecule has 4 aromatic rings. The lowest BCUT2D eigenvalue weighted by molar-refractivity contribution is 0.415. The summed E-state index contributed by atoms with van der Waals surface area (Å²) >= 11 is 0. The van der Waals surface area contributed by atoms with E-state index in [-0.39, 0.29) is 6.04 Å². The number of ether oxygens (including phenoxy) is 1. The van der Waals surface area contributed by atoms with Crippen molar-refractivity contribution in [2.24, 2.45) is 5.92 Å². The summed E-state index contributed by atoms with van der Waals surface area (Å²) in [5.74, 6) is 2.29. The molecule has 2 aromatic carbocycles. The first-order chi connectivity index (χ1) is 15.7. The summed E-state index contributed by atoms with van der Waals surface area (Å²) in [4.78, 5) is 0. The van der Waals surface area contributed by atoms with Crippen molar-refractivity contribution in [1.29, 1.82) is 0 Å². The molecule has 0 saturated heterocycles. The van der Waals surface area contributed by atoms with Gasteiger partial charge < -0.3 is 14.5 Å². The molecule has 0 spiro atoms. The van der Waals surface area contributed by atoms with Crippen molar-refractivity contribution in [3.63, 3.8) is 0 Å². The van der Waals surface area contributed by atoms with E-state index in [1.165, 1.54) is 16.7 Å². The van der Waals surface area contributed by atoms with E-state index in [2.05, 4.69) is 65.8 Å². The van der Waals surface area contributed by atoms with Gasteiger partial charge in [0.1, 0.15) is 11.4 Å². The predicted octanol–water partition coefficient (Wildman–Crippen LogP) is 6.46. The SMILES string of the molecule is CCC(CC)CNC(c1ccc(-c2ccc(OC)cc2)cc1)c1cn[nH]c1-c1ccco1. The fraction of sp³-hybridized carbons (Fsp3) is 0.296. The van der Waals surface area contributed by atoms with Crippen LogP contribution in [0.5, 0.6) is 5.75 Å². The maximum Gasteiger partial charge on any atom is 0.151 e. The molecule has 5 heteroatoms. The minimum absolute atomic E-state index is 0.0133. The smallest absolute Gasteiger partial charge is 0.151 e. The van der Waals surface area contributed by atoms with Crippen molar-refractivity contribution in [3.8, 4) is 28.3 Å². The first kappa shape index (κ1) is 21.9. The maximum absolute atomic E-state index is 5.66. The van der Waals surface area contributed by atoms with Crippen molar-refractivity contribution >= 4 is 0 Å². The highest BCUT2D eigenvalue weighted by molar-refractivity contribution is 5.65. The second-order valence-corrected chi connectivity index (χ2v) is 8.05. The summed E-state index contributed by atoms with van der Waals surface area (Å²) in [5.41, 5.74) is 5.54. The van der Waals surface area contributed by atoms with Crippen LogP contribution in [0.4, 0.5) is 0 Å². The Morgan fingerprint density at radius 1 is 0.969 bits per heavy atom.